The summed E-state index contributed by atoms with van der Waals surface area (Å²) in [5.74, 6) is 2.41. The molecule has 2 aromatic carbocycles. The van der Waals surface area contributed by atoms with Gasteiger partial charge in [-0.25, -0.2) is 4.98 Å². The summed E-state index contributed by atoms with van der Waals surface area (Å²) in [5, 5.41) is 6.71. The lowest BCUT2D eigenvalue weighted by Crippen LogP contribution is -2.12. The van der Waals surface area contributed by atoms with Crippen molar-refractivity contribution in [1.29, 1.82) is 0 Å². The van der Waals surface area contributed by atoms with Crippen LogP contribution in [0.5, 0.6) is 5.75 Å². The Kier molecular flexibility index (Phi) is 6.63. The fourth-order valence-electron chi connectivity index (χ4n) is 2.94. The van der Waals surface area contributed by atoms with Gasteiger partial charge in [0, 0.05) is 24.8 Å². The maximum atomic E-state index is 5.40. The number of hydrogen-bond donors (Lipinski definition) is 2. The van der Waals surface area contributed by atoms with Crippen LogP contribution in [0.25, 0.3) is 0 Å². The fraction of sp³-hybridized carbons (Fsp3) is 0.273. The molecule has 0 aliphatic heterocycles. The van der Waals surface area contributed by atoms with Crippen molar-refractivity contribution in [3.05, 3.63) is 77.5 Å². The van der Waals surface area contributed by atoms with Crippen LogP contribution in [0.15, 0.2) is 60.7 Å². The van der Waals surface area contributed by atoms with E-state index in [1.54, 1.807) is 7.11 Å². The second-order valence-corrected chi connectivity index (χ2v) is 6.37. The first-order valence-electron chi connectivity index (χ1n) is 9.24. The van der Waals surface area contributed by atoms with Crippen molar-refractivity contribution >= 4 is 11.8 Å². The van der Waals surface area contributed by atoms with Crippen molar-refractivity contribution < 1.29 is 4.74 Å². The van der Waals surface area contributed by atoms with E-state index in [4.69, 9.17) is 4.74 Å². The highest BCUT2D eigenvalue weighted by molar-refractivity contribution is 5.43. The van der Waals surface area contributed by atoms with Crippen molar-refractivity contribution in [3.63, 3.8) is 0 Å². The SMILES string of the molecule is COc1ccccc1CCNc1cc(C)nc(NCCc2ccccc2)n1. The minimum atomic E-state index is 0.658. The minimum absolute atomic E-state index is 0.658. The molecule has 3 aromatic rings. The zero-order valence-electron chi connectivity index (χ0n) is 15.9. The number of ether oxygens (including phenoxy) is 1. The molecular weight excluding hydrogens is 336 g/mol. The number of methoxy groups -OCH3 is 1. The van der Waals surface area contributed by atoms with Gasteiger partial charge in [-0.2, -0.15) is 4.98 Å². The third-order valence-electron chi connectivity index (χ3n) is 4.29. The Balaban J connectivity index is 1.53. The molecule has 0 fully saturated rings. The van der Waals surface area contributed by atoms with E-state index in [9.17, 15) is 0 Å². The van der Waals surface area contributed by atoms with Gasteiger partial charge in [-0.15, -0.1) is 0 Å². The van der Waals surface area contributed by atoms with E-state index in [2.05, 4.69) is 50.9 Å². The number of aromatic nitrogens is 2. The number of benzene rings is 2. The molecule has 0 atom stereocenters. The van der Waals surface area contributed by atoms with Gasteiger partial charge in [0.25, 0.3) is 0 Å². The van der Waals surface area contributed by atoms with Crippen LogP contribution in [0.3, 0.4) is 0 Å². The predicted molar refractivity (Wildman–Crippen MR) is 111 cm³/mol. The molecule has 0 aliphatic carbocycles. The lowest BCUT2D eigenvalue weighted by atomic mass is 10.1. The highest BCUT2D eigenvalue weighted by atomic mass is 16.5. The molecule has 0 unspecified atom stereocenters. The Morgan fingerprint density at radius 1 is 0.852 bits per heavy atom. The molecule has 1 aromatic heterocycles. The molecule has 2 N–H and O–H groups in total. The zero-order valence-corrected chi connectivity index (χ0v) is 15.9. The van der Waals surface area contributed by atoms with Gasteiger partial charge in [-0.1, -0.05) is 48.5 Å². The Labute approximate surface area is 160 Å². The van der Waals surface area contributed by atoms with Crippen LogP contribution in [0.4, 0.5) is 11.8 Å². The molecule has 140 valence electrons. The van der Waals surface area contributed by atoms with Crippen LogP contribution in [0.1, 0.15) is 16.8 Å². The van der Waals surface area contributed by atoms with E-state index in [1.807, 2.05) is 37.3 Å². The van der Waals surface area contributed by atoms with Crippen LogP contribution in [-0.2, 0) is 12.8 Å². The molecule has 5 nitrogen and oxygen atoms in total. The van der Waals surface area contributed by atoms with Crippen molar-refractivity contribution in [2.45, 2.75) is 19.8 Å². The van der Waals surface area contributed by atoms with Crippen LogP contribution < -0.4 is 15.4 Å². The van der Waals surface area contributed by atoms with Crippen LogP contribution >= 0.6 is 0 Å². The summed E-state index contributed by atoms with van der Waals surface area (Å²) in [7, 11) is 1.70. The van der Waals surface area contributed by atoms with E-state index in [-0.39, 0.29) is 0 Å². The van der Waals surface area contributed by atoms with Gasteiger partial charge in [0.2, 0.25) is 5.95 Å². The fourth-order valence-corrected chi connectivity index (χ4v) is 2.94. The van der Waals surface area contributed by atoms with Gasteiger partial charge in [0.15, 0.2) is 0 Å². The summed E-state index contributed by atoms with van der Waals surface area (Å²) in [6.07, 6.45) is 1.80. The summed E-state index contributed by atoms with van der Waals surface area (Å²) in [6.45, 7) is 3.56. The molecule has 0 bridgehead atoms. The number of rotatable bonds is 9. The quantitative estimate of drug-likeness (QED) is 0.600. The molecule has 1 heterocycles. The highest BCUT2D eigenvalue weighted by Crippen LogP contribution is 2.18. The Morgan fingerprint density at radius 3 is 2.41 bits per heavy atom. The summed E-state index contributed by atoms with van der Waals surface area (Å²) >= 11 is 0. The molecule has 27 heavy (non-hydrogen) atoms. The van der Waals surface area contributed by atoms with E-state index in [0.29, 0.717) is 5.95 Å². The molecule has 3 rings (SSSR count). The lowest BCUT2D eigenvalue weighted by molar-refractivity contribution is 0.410. The molecule has 0 aliphatic rings. The van der Waals surface area contributed by atoms with Crippen molar-refractivity contribution in [2.24, 2.45) is 0 Å². The monoisotopic (exact) mass is 362 g/mol. The molecule has 0 saturated heterocycles. The first-order valence-corrected chi connectivity index (χ1v) is 9.24. The molecule has 0 amide bonds. The van der Waals surface area contributed by atoms with Gasteiger partial charge in [-0.05, 0) is 37.0 Å². The minimum Gasteiger partial charge on any atom is -0.496 e. The average molecular weight is 362 g/mol. The normalized spacial score (nSPS) is 10.4. The van der Waals surface area contributed by atoms with Crippen molar-refractivity contribution in [1.82, 2.24) is 9.97 Å². The number of nitrogens with one attached hydrogen (secondary N) is 2. The molecular formula is C22H26N4O. The molecule has 0 radical (unpaired) electrons. The van der Waals surface area contributed by atoms with Crippen LogP contribution in [-0.4, -0.2) is 30.2 Å². The summed E-state index contributed by atoms with van der Waals surface area (Å²) < 4.78 is 5.40. The third-order valence-corrected chi connectivity index (χ3v) is 4.29. The largest absolute Gasteiger partial charge is 0.496 e. The lowest BCUT2D eigenvalue weighted by Gasteiger charge is -2.11. The number of anilines is 2. The van der Waals surface area contributed by atoms with E-state index >= 15 is 0 Å². The molecule has 0 saturated carbocycles. The molecule has 5 heteroatoms. The van der Waals surface area contributed by atoms with Gasteiger partial charge in [0.1, 0.15) is 11.6 Å². The second-order valence-electron chi connectivity index (χ2n) is 6.37. The second kappa shape index (κ2) is 9.57. The maximum Gasteiger partial charge on any atom is 0.224 e. The number of aryl methyl sites for hydroxylation is 1. The summed E-state index contributed by atoms with van der Waals surface area (Å²) in [4.78, 5) is 9.05. The zero-order chi connectivity index (χ0) is 18.9. The number of nitrogens with zero attached hydrogens (tertiary/aromatic N) is 2. The third kappa shape index (κ3) is 5.71. The number of hydrogen-bond acceptors (Lipinski definition) is 5. The van der Waals surface area contributed by atoms with E-state index in [1.165, 1.54) is 11.1 Å². The van der Waals surface area contributed by atoms with Crippen molar-refractivity contribution in [2.75, 3.05) is 30.8 Å². The summed E-state index contributed by atoms with van der Waals surface area (Å²) in [6, 6.07) is 20.4. The van der Waals surface area contributed by atoms with Gasteiger partial charge in [-0.3, -0.25) is 0 Å². The number of para-hydroxylation sites is 1. The Bertz CT molecular complexity index is 852. The van der Waals surface area contributed by atoms with Gasteiger partial charge < -0.3 is 15.4 Å². The van der Waals surface area contributed by atoms with Crippen LogP contribution in [0, 0.1) is 6.92 Å². The van der Waals surface area contributed by atoms with Crippen molar-refractivity contribution in [3.8, 4) is 5.75 Å². The van der Waals surface area contributed by atoms with Crippen LogP contribution in [0.2, 0.25) is 0 Å². The summed E-state index contributed by atoms with van der Waals surface area (Å²) in [5.41, 5.74) is 3.42. The average Bonchev–Trinajstić information content (AvgIpc) is 2.69. The topological polar surface area (TPSA) is 59.1 Å². The van der Waals surface area contributed by atoms with Gasteiger partial charge in [0.05, 0.1) is 7.11 Å². The molecule has 0 spiro atoms. The Morgan fingerprint density at radius 2 is 1.59 bits per heavy atom. The Hall–Kier alpha value is -3.08. The highest BCUT2D eigenvalue weighted by Gasteiger charge is 2.04. The smallest absolute Gasteiger partial charge is 0.224 e. The van der Waals surface area contributed by atoms with E-state index in [0.717, 1.165) is 43.2 Å². The first-order chi connectivity index (χ1) is 13.2. The maximum absolute atomic E-state index is 5.40. The standard InChI is InChI=1S/C22H26N4O/c1-17-16-21(23-15-13-19-10-6-7-11-20(19)27-2)26-22(25-17)24-14-12-18-8-4-3-5-9-18/h3-11,16H,12-15H2,1-2H3,(H2,23,24,25,26). The first kappa shape index (κ1) is 18.7. The predicted octanol–water partition coefficient (Wildman–Crippen LogP) is 4.10. The van der Waals surface area contributed by atoms with E-state index < -0.39 is 0 Å². The van der Waals surface area contributed by atoms with Gasteiger partial charge >= 0.3 is 0 Å².